The average Bonchev–Trinajstić information content (AvgIpc) is 2.50. The van der Waals surface area contributed by atoms with E-state index < -0.39 is 0 Å². The zero-order chi connectivity index (χ0) is 12.1. The van der Waals surface area contributed by atoms with Crippen molar-refractivity contribution < 1.29 is 4.74 Å². The second-order valence-corrected chi connectivity index (χ2v) is 5.75. The Kier molecular flexibility index (Phi) is 4.83. The Hall–Kier alpha value is -0.120. The molecule has 1 unspecified atom stereocenters. The standard InChI is InChI=1S/C14H28N2O/c1-2-17-14(10-5-3-4-6-11-14)13(16-15)12-8-7-9-12/h12-13,16H,2-11,15H2,1H3. The summed E-state index contributed by atoms with van der Waals surface area (Å²) >= 11 is 0. The summed E-state index contributed by atoms with van der Waals surface area (Å²) in [5, 5.41) is 0. The molecule has 0 aromatic rings. The van der Waals surface area contributed by atoms with Crippen molar-refractivity contribution >= 4 is 0 Å². The summed E-state index contributed by atoms with van der Waals surface area (Å²) in [7, 11) is 0. The summed E-state index contributed by atoms with van der Waals surface area (Å²) in [4.78, 5) is 0. The van der Waals surface area contributed by atoms with Crippen LogP contribution in [0.5, 0.6) is 0 Å². The van der Waals surface area contributed by atoms with Gasteiger partial charge in [-0.1, -0.05) is 32.1 Å². The van der Waals surface area contributed by atoms with Gasteiger partial charge in [0.2, 0.25) is 0 Å². The SMILES string of the molecule is CCOC1(C(NN)C2CCC2)CCCCCC1. The predicted molar refractivity (Wildman–Crippen MR) is 70.5 cm³/mol. The minimum absolute atomic E-state index is 0.0189. The fraction of sp³-hybridized carbons (Fsp3) is 1.00. The summed E-state index contributed by atoms with van der Waals surface area (Å²) in [5.74, 6) is 6.59. The number of hydrogen-bond acceptors (Lipinski definition) is 3. The van der Waals surface area contributed by atoms with Crippen molar-refractivity contribution in [2.45, 2.75) is 76.4 Å². The fourth-order valence-electron chi connectivity index (χ4n) is 3.65. The van der Waals surface area contributed by atoms with Gasteiger partial charge in [0.1, 0.15) is 0 Å². The Bertz CT molecular complexity index is 220. The van der Waals surface area contributed by atoms with E-state index in [1.54, 1.807) is 0 Å². The van der Waals surface area contributed by atoms with Crippen LogP contribution in [0, 0.1) is 5.92 Å². The molecule has 1 atom stereocenters. The number of hydrogen-bond donors (Lipinski definition) is 2. The highest BCUT2D eigenvalue weighted by Gasteiger charge is 2.44. The van der Waals surface area contributed by atoms with Gasteiger partial charge in [0.15, 0.2) is 0 Å². The van der Waals surface area contributed by atoms with E-state index in [2.05, 4.69) is 12.3 Å². The lowest BCUT2D eigenvalue weighted by Gasteiger charge is -2.46. The summed E-state index contributed by atoms with van der Waals surface area (Å²) in [6, 6.07) is 0.370. The van der Waals surface area contributed by atoms with Crippen LogP contribution in [-0.2, 0) is 4.74 Å². The van der Waals surface area contributed by atoms with E-state index in [1.165, 1.54) is 57.8 Å². The first-order valence-electron chi connectivity index (χ1n) is 7.42. The summed E-state index contributed by atoms with van der Waals surface area (Å²) < 4.78 is 6.22. The van der Waals surface area contributed by atoms with E-state index in [0.717, 1.165) is 12.5 Å². The highest BCUT2D eigenvalue weighted by molar-refractivity contribution is 4.99. The third-order valence-electron chi connectivity index (χ3n) is 4.75. The molecular weight excluding hydrogens is 212 g/mol. The lowest BCUT2D eigenvalue weighted by Crippen LogP contribution is -2.59. The van der Waals surface area contributed by atoms with Gasteiger partial charge in [-0.2, -0.15) is 0 Å². The van der Waals surface area contributed by atoms with Crippen LogP contribution in [0.2, 0.25) is 0 Å². The van der Waals surface area contributed by atoms with Gasteiger partial charge in [-0.3, -0.25) is 11.3 Å². The quantitative estimate of drug-likeness (QED) is 0.441. The molecule has 17 heavy (non-hydrogen) atoms. The van der Waals surface area contributed by atoms with Gasteiger partial charge in [-0.05, 0) is 38.5 Å². The molecule has 3 N–H and O–H groups in total. The third kappa shape index (κ3) is 2.83. The van der Waals surface area contributed by atoms with Crippen LogP contribution >= 0.6 is 0 Å². The fourth-order valence-corrected chi connectivity index (χ4v) is 3.65. The van der Waals surface area contributed by atoms with Gasteiger partial charge < -0.3 is 4.74 Å². The van der Waals surface area contributed by atoms with E-state index in [1.807, 2.05) is 0 Å². The summed E-state index contributed by atoms with van der Waals surface area (Å²) in [6.07, 6.45) is 11.7. The molecule has 0 saturated heterocycles. The molecule has 2 aliphatic carbocycles. The molecule has 0 radical (unpaired) electrons. The maximum atomic E-state index is 6.22. The molecule has 0 spiro atoms. The van der Waals surface area contributed by atoms with Crippen LogP contribution in [0.1, 0.15) is 64.7 Å². The minimum Gasteiger partial charge on any atom is -0.374 e. The summed E-state index contributed by atoms with van der Waals surface area (Å²) in [5.41, 5.74) is 3.12. The van der Waals surface area contributed by atoms with Gasteiger partial charge in [-0.15, -0.1) is 0 Å². The van der Waals surface area contributed by atoms with Gasteiger partial charge in [0, 0.05) is 6.61 Å². The molecule has 0 heterocycles. The van der Waals surface area contributed by atoms with Crippen LogP contribution in [-0.4, -0.2) is 18.2 Å². The zero-order valence-corrected chi connectivity index (χ0v) is 11.2. The second-order valence-electron chi connectivity index (χ2n) is 5.75. The number of hydrazine groups is 1. The van der Waals surface area contributed by atoms with E-state index in [0.29, 0.717) is 6.04 Å². The van der Waals surface area contributed by atoms with Crippen molar-refractivity contribution in [2.24, 2.45) is 11.8 Å². The molecule has 2 rings (SSSR count). The Morgan fingerprint density at radius 3 is 2.24 bits per heavy atom. The molecule has 0 bridgehead atoms. The van der Waals surface area contributed by atoms with Crippen molar-refractivity contribution in [3.8, 4) is 0 Å². The maximum absolute atomic E-state index is 6.22. The Labute approximate surface area is 105 Å². The molecule has 2 aliphatic rings. The topological polar surface area (TPSA) is 47.3 Å². The number of nitrogens with two attached hydrogens (primary N) is 1. The molecule has 2 fully saturated rings. The minimum atomic E-state index is 0.0189. The first-order valence-corrected chi connectivity index (χ1v) is 7.42. The Morgan fingerprint density at radius 2 is 1.82 bits per heavy atom. The van der Waals surface area contributed by atoms with Crippen molar-refractivity contribution in [3.05, 3.63) is 0 Å². The molecule has 0 aromatic carbocycles. The molecule has 0 aromatic heterocycles. The molecule has 0 aliphatic heterocycles. The lowest BCUT2D eigenvalue weighted by atomic mass is 9.71. The predicted octanol–water partition coefficient (Wildman–Crippen LogP) is 2.75. The van der Waals surface area contributed by atoms with E-state index >= 15 is 0 Å². The van der Waals surface area contributed by atoms with Crippen LogP contribution < -0.4 is 11.3 Å². The highest BCUT2D eigenvalue weighted by atomic mass is 16.5. The maximum Gasteiger partial charge on any atom is 0.0850 e. The largest absolute Gasteiger partial charge is 0.374 e. The van der Waals surface area contributed by atoms with E-state index in [-0.39, 0.29) is 5.60 Å². The molecule has 2 saturated carbocycles. The van der Waals surface area contributed by atoms with Crippen molar-refractivity contribution in [1.82, 2.24) is 5.43 Å². The number of rotatable bonds is 5. The van der Waals surface area contributed by atoms with Crippen molar-refractivity contribution in [1.29, 1.82) is 0 Å². The number of nitrogens with one attached hydrogen (secondary N) is 1. The third-order valence-corrected chi connectivity index (χ3v) is 4.75. The number of ether oxygens (including phenoxy) is 1. The lowest BCUT2D eigenvalue weighted by molar-refractivity contribution is -0.0981. The first-order chi connectivity index (χ1) is 8.32. The van der Waals surface area contributed by atoms with Crippen molar-refractivity contribution in [2.75, 3.05) is 6.61 Å². The zero-order valence-electron chi connectivity index (χ0n) is 11.2. The van der Waals surface area contributed by atoms with Crippen LogP contribution in [0.15, 0.2) is 0 Å². The second kappa shape index (κ2) is 6.17. The van der Waals surface area contributed by atoms with Crippen LogP contribution in [0.4, 0.5) is 0 Å². The molecule has 0 amide bonds. The van der Waals surface area contributed by atoms with Gasteiger partial charge in [0.25, 0.3) is 0 Å². The van der Waals surface area contributed by atoms with Gasteiger partial charge >= 0.3 is 0 Å². The smallest absolute Gasteiger partial charge is 0.0850 e. The van der Waals surface area contributed by atoms with E-state index in [4.69, 9.17) is 10.6 Å². The summed E-state index contributed by atoms with van der Waals surface area (Å²) in [6.45, 7) is 2.92. The average molecular weight is 240 g/mol. The van der Waals surface area contributed by atoms with Crippen LogP contribution in [0.25, 0.3) is 0 Å². The highest BCUT2D eigenvalue weighted by Crippen LogP contribution is 2.41. The molecule has 3 heteroatoms. The van der Waals surface area contributed by atoms with Crippen LogP contribution in [0.3, 0.4) is 0 Å². The Balaban J connectivity index is 2.10. The normalized spacial score (nSPS) is 27.2. The molecule has 3 nitrogen and oxygen atoms in total. The molecular formula is C14H28N2O. The van der Waals surface area contributed by atoms with E-state index in [9.17, 15) is 0 Å². The first kappa shape index (κ1) is 13.3. The monoisotopic (exact) mass is 240 g/mol. The van der Waals surface area contributed by atoms with Crippen molar-refractivity contribution in [3.63, 3.8) is 0 Å². The Morgan fingerprint density at radius 1 is 1.18 bits per heavy atom. The molecule has 100 valence electrons. The van der Waals surface area contributed by atoms with Gasteiger partial charge in [-0.25, -0.2) is 0 Å². The van der Waals surface area contributed by atoms with Gasteiger partial charge in [0.05, 0.1) is 11.6 Å².